The van der Waals surface area contributed by atoms with Crippen LogP contribution in [0.1, 0.15) is 77.8 Å². The number of benzene rings is 2. The number of rotatable bonds is 7. The predicted octanol–water partition coefficient (Wildman–Crippen LogP) is 5.54. The molecule has 6 nitrogen and oxygen atoms in total. The quantitative estimate of drug-likeness (QED) is 0.456. The number of carbonyl (C=O) groups is 1. The zero-order chi connectivity index (χ0) is 25.0. The molecule has 3 aromatic rings. The van der Waals surface area contributed by atoms with Gasteiger partial charge in [-0.15, -0.1) is 10.2 Å². The maximum Gasteiger partial charge on any atom is 0.258 e. The topological polar surface area (TPSA) is 63.1 Å². The molecule has 1 aliphatic heterocycles. The van der Waals surface area contributed by atoms with Crippen LogP contribution in [0.3, 0.4) is 0 Å². The number of hydrogen-bond acceptors (Lipinski definition) is 4. The van der Waals surface area contributed by atoms with Crippen molar-refractivity contribution >= 4 is 23.2 Å². The van der Waals surface area contributed by atoms with E-state index in [1.807, 2.05) is 48.0 Å². The Kier molecular flexibility index (Phi) is 5.88. The van der Waals surface area contributed by atoms with Gasteiger partial charge in [-0.2, -0.15) is 0 Å². The molecule has 188 valence electrons. The number of hydrogen-bond donors (Lipinski definition) is 1. The molecule has 36 heavy (non-hydrogen) atoms. The molecule has 0 unspecified atom stereocenters. The molecule has 3 aliphatic rings. The lowest BCUT2D eigenvalue weighted by molar-refractivity contribution is 0.0996. The number of nitrogens with zero attached hydrogens (tertiary/aromatic N) is 4. The molecule has 1 atom stereocenters. The largest absolute Gasteiger partial charge is 0.320 e. The van der Waals surface area contributed by atoms with E-state index in [-0.39, 0.29) is 23.3 Å². The van der Waals surface area contributed by atoms with Crippen molar-refractivity contribution in [3.05, 3.63) is 75.8 Å². The summed E-state index contributed by atoms with van der Waals surface area (Å²) in [5.74, 6) is 0.870. The van der Waals surface area contributed by atoms with Gasteiger partial charge in [-0.3, -0.25) is 4.79 Å². The molecule has 2 aromatic carbocycles. The Bertz CT molecular complexity index is 1310. The van der Waals surface area contributed by atoms with Crippen LogP contribution in [0.4, 0.5) is 10.1 Å². The second-order valence-corrected chi connectivity index (χ2v) is 11.4. The number of aryl methyl sites for hydroxylation is 1. The molecule has 6 rings (SSSR count). The van der Waals surface area contributed by atoms with Gasteiger partial charge >= 0.3 is 0 Å². The SMILES string of the molecule is Cn1cnnc1[C@H](c1cccc(N2Cc3c(Cl)cc(CNC4(C)CCC4)cc3C2=O)c1)[C@H]1C[C@H](F)C1. The minimum absolute atomic E-state index is 0.0385. The van der Waals surface area contributed by atoms with Crippen molar-refractivity contribution in [1.29, 1.82) is 0 Å². The van der Waals surface area contributed by atoms with Gasteiger partial charge in [0.2, 0.25) is 0 Å². The van der Waals surface area contributed by atoms with Crippen molar-refractivity contribution in [3.8, 4) is 0 Å². The zero-order valence-electron chi connectivity index (χ0n) is 20.7. The summed E-state index contributed by atoms with van der Waals surface area (Å²) in [6.07, 6.45) is 5.56. The van der Waals surface area contributed by atoms with Crippen molar-refractivity contribution in [2.24, 2.45) is 13.0 Å². The highest BCUT2D eigenvalue weighted by molar-refractivity contribution is 6.32. The maximum absolute atomic E-state index is 13.8. The van der Waals surface area contributed by atoms with Gasteiger partial charge in [-0.05, 0) is 80.3 Å². The summed E-state index contributed by atoms with van der Waals surface area (Å²) in [5.41, 5.74) is 4.60. The van der Waals surface area contributed by atoms with Gasteiger partial charge in [0.25, 0.3) is 5.91 Å². The number of anilines is 1. The fraction of sp³-hybridized carbons (Fsp3) is 0.464. The standard InChI is InChI=1S/C28H31ClFN5O/c1-28(7-4-8-28)31-14-17-9-22-23(24(29)10-17)15-35(27(22)36)21-6-3-5-18(13-21)25(19-11-20(30)12-19)26-33-32-16-34(26)2/h3,5-6,9-10,13,16,19-20,25,31H,4,7-8,11-12,14-15H2,1-2H3/t19-,20-,25-/m1/s1. The van der Waals surface area contributed by atoms with Crippen LogP contribution in [0.15, 0.2) is 42.7 Å². The molecule has 8 heteroatoms. The second-order valence-electron chi connectivity index (χ2n) is 11.0. The van der Waals surface area contributed by atoms with Crippen LogP contribution < -0.4 is 10.2 Å². The van der Waals surface area contributed by atoms with Crippen LogP contribution in [0, 0.1) is 5.92 Å². The fourth-order valence-corrected chi connectivity index (χ4v) is 6.18. The van der Waals surface area contributed by atoms with E-state index in [2.05, 4.69) is 22.4 Å². The summed E-state index contributed by atoms with van der Waals surface area (Å²) in [5, 5.41) is 12.7. The Morgan fingerprint density at radius 2 is 2.06 bits per heavy atom. The Balaban J connectivity index is 1.27. The summed E-state index contributed by atoms with van der Waals surface area (Å²) in [6.45, 7) is 3.38. The van der Waals surface area contributed by atoms with Gasteiger partial charge in [-0.1, -0.05) is 23.7 Å². The van der Waals surface area contributed by atoms with Crippen LogP contribution in [-0.2, 0) is 20.1 Å². The number of carbonyl (C=O) groups excluding carboxylic acids is 1. The van der Waals surface area contributed by atoms with Crippen molar-refractivity contribution in [2.45, 2.75) is 69.7 Å². The van der Waals surface area contributed by atoms with E-state index in [0.717, 1.165) is 28.2 Å². The number of halogens is 2. The summed E-state index contributed by atoms with van der Waals surface area (Å²) in [7, 11) is 1.91. The number of fused-ring (bicyclic) bond motifs is 1. The monoisotopic (exact) mass is 507 g/mol. The van der Waals surface area contributed by atoms with Crippen molar-refractivity contribution in [2.75, 3.05) is 4.90 Å². The summed E-state index contributed by atoms with van der Waals surface area (Å²) < 4.78 is 15.7. The molecule has 2 fully saturated rings. The normalized spacial score (nSPS) is 23.2. The van der Waals surface area contributed by atoms with Gasteiger partial charge in [0.15, 0.2) is 0 Å². The van der Waals surface area contributed by atoms with E-state index in [0.29, 0.717) is 36.5 Å². The first-order chi connectivity index (χ1) is 17.3. The van der Waals surface area contributed by atoms with E-state index in [4.69, 9.17) is 11.6 Å². The van der Waals surface area contributed by atoms with E-state index >= 15 is 0 Å². The second kappa shape index (κ2) is 8.96. The minimum Gasteiger partial charge on any atom is -0.320 e. The first kappa shape index (κ1) is 23.6. The maximum atomic E-state index is 13.8. The third-order valence-electron chi connectivity index (χ3n) is 8.38. The molecule has 1 amide bonds. The van der Waals surface area contributed by atoms with Gasteiger partial charge in [-0.25, -0.2) is 4.39 Å². The van der Waals surface area contributed by atoms with E-state index in [1.54, 1.807) is 11.2 Å². The lowest BCUT2D eigenvalue weighted by atomic mass is 9.71. The van der Waals surface area contributed by atoms with Gasteiger partial charge in [0.1, 0.15) is 18.3 Å². The molecular formula is C28H31ClFN5O. The number of aromatic nitrogens is 3. The third kappa shape index (κ3) is 4.12. The summed E-state index contributed by atoms with van der Waals surface area (Å²) >= 11 is 6.68. The van der Waals surface area contributed by atoms with Crippen LogP contribution in [-0.4, -0.2) is 32.4 Å². The van der Waals surface area contributed by atoms with Crippen LogP contribution in [0.5, 0.6) is 0 Å². The van der Waals surface area contributed by atoms with Crippen LogP contribution >= 0.6 is 11.6 Å². The number of amides is 1. The van der Waals surface area contributed by atoms with Crippen LogP contribution in [0.25, 0.3) is 0 Å². The van der Waals surface area contributed by atoms with E-state index in [1.165, 1.54) is 19.3 Å². The summed E-state index contributed by atoms with van der Waals surface area (Å²) in [6, 6.07) is 12.0. The van der Waals surface area contributed by atoms with Crippen molar-refractivity contribution in [1.82, 2.24) is 20.1 Å². The fourth-order valence-electron chi connectivity index (χ4n) is 5.88. The first-order valence-corrected chi connectivity index (χ1v) is 13.2. The molecule has 0 bridgehead atoms. The smallest absolute Gasteiger partial charge is 0.258 e. The highest BCUT2D eigenvalue weighted by atomic mass is 35.5. The highest BCUT2D eigenvalue weighted by Crippen LogP contribution is 2.45. The molecule has 1 N–H and O–H groups in total. The number of alkyl halides is 1. The van der Waals surface area contributed by atoms with Crippen molar-refractivity contribution in [3.63, 3.8) is 0 Å². The van der Waals surface area contributed by atoms with Gasteiger partial charge in [0.05, 0.1) is 6.54 Å². The minimum atomic E-state index is -0.763. The Hall–Kier alpha value is -2.77. The molecular weight excluding hydrogens is 477 g/mol. The average Bonchev–Trinajstić information content (AvgIpc) is 3.39. The Labute approximate surface area is 215 Å². The Morgan fingerprint density at radius 3 is 2.72 bits per heavy atom. The molecule has 1 aromatic heterocycles. The first-order valence-electron chi connectivity index (χ1n) is 12.8. The third-order valence-corrected chi connectivity index (χ3v) is 8.71. The molecule has 2 saturated carbocycles. The lowest BCUT2D eigenvalue weighted by Gasteiger charge is -2.39. The Morgan fingerprint density at radius 1 is 1.25 bits per heavy atom. The molecule has 0 radical (unpaired) electrons. The van der Waals surface area contributed by atoms with E-state index < -0.39 is 6.17 Å². The van der Waals surface area contributed by atoms with Gasteiger partial charge < -0.3 is 14.8 Å². The van der Waals surface area contributed by atoms with E-state index in [9.17, 15) is 9.18 Å². The molecule has 2 aliphatic carbocycles. The number of nitrogens with one attached hydrogen (secondary N) is 1. The summed E-state index contributed by atoms with van der Waals surface area (Å²) in [4.78, 5) is 15.3. The lowest BCUT2D eigenvalue weighted by Crippen LogP contribution is -2.47. The molecule has 2 heterocycles. The van der Waals surface area contributed by atoms with Crippen LogP contribution in [0.2, 0.25) is 5.02 Å². The molecule has 0 saturated heterocycles. The highest BCUT2D eigenvalue weighted by Gasteiger charge is 2.39. The predicted molar refractivity (Wildman–Crippen MR) is 138 cm³/mol. The van der Waals surface area contributed by atoms with Gasteiger partial charge in [0, 0.05) is 46.9 Å². The van der Waals surface area contributed by atoms with Crippen molar-refractivity contribution < 1.29 is 9.18 Å². The zero-order valence-corrected chi connectivity index (χ0v) is 21.4. The average molecular weight is 508 g/mol. The molecule has 0 spiro atoms.